The van der Waals surface area contributed by atoms with Crippen molar-refractivity contribution < 1.29 is 24.2 Å². The molecule has 1 fully saturated rings. The van der Waals surface area contributed by atoms with Gasteiger partial charge in [-0.15, -0.1) is 0 Å². The van der Waals surface area contributed by atoms with Crippen molar-refractivity contribution in [1.29, 1.82) is 0 Å². The summed E-state index contributed by atoms with van der Waals surface area (Å²) in [5, 5.41) is 9.95. The zero-order valence-corrected chi connectivity index (χ0v) is 17.0. The highest BCUT2D eigenvalue weighted by Crippen LogP contribution is 2.53. The summed E-state index contributed by atoms with van der Waals surface area (Å²) in [6.07, 6.45) is 5.35. The van der Waals surface area contributed by atoms with E-state index in [9.17, 15) is 19.5 Å². The lowest BCUT2D eigenvalue weighted by Crippen LogP contribution is -2.60. The first-order chi connectivity index (χ1) is 15.0. The van der Waals surface area contributed by atoms with Crippen LogP contribution in [0.25, 0.3) is 0 Å². The molecule has 162 valence electrons. The first-order valence-electron chi connectivity index (χ1n) is 10.4. The van der Waals surface area contributed by atoms with E-state index >= 15 is 0 Å². The maximum atomic E-state index is 13.2. The average Bonchev–Trinajstić information content (AvgIpc) is 3.25. The van der Waals surface area contributed by atoms with Crippen LogP contribution in [0.1, 0.15) is 42.7 Å². The minimum atomic E-state index is -1.74. The summed E-state index contributed by atoms with van der Waals surface area (Å²) >= 11 is 0. The lowest BCUT2D eigenvalue weighted by atomic mass is 9.66. The first-order valence-corrected chi connectivity index (χ1v) is 10.4. The predicted molar refractivity (Wildman–Crippen MR) is 112 cm³/mol. The van der Waals surface area contributed by atoms with Gasteiger partial charge in [-0.3, -0.25) is 14.7 Å². The third-order valence-electron chi connectivity index (χ3n) is 6.51. The van der Waals surface area contributed by atoms with E-state index in [0.29, 0.717) is 17.5 Å². The summed E-state index contributed by atoms with van der Waals surface area (Å²) in [5.74, 6) is -1.97. The van der Waals surface area contributed by atoms with E-state index in [2.05, 4.69) is 4.98 Å². The van der Waals surface area contributed by atoms with E-state index in [1.54, 1.807) is 53.7 Å². The highest BCUT2D eigenvalue weighted by Gasteiger charge is 2.55. The van der Waals surface area contributed by atoms with Crippen LogP contribution in [-0.2, 0) is 20.9 Å². The number of para-hydroxylation sites is 1. The molecule has 1 aromatic heterocycles. The van der Waals surface area contributed by atoms with Crippen LogP contribution in [0.5, 0.6) is 0 Å². The van der Waals surface area contributed by atoms with Gasteiger partial charge in [-0.25, -0.2) is 4.79 Å². The molecule has 0 saturated heterocycles. The third-order valence-corrected chi connectivity index (χ3v) is 6.51. The second-order valence-corrected chi connectivity index (χ2v) is 8.19. The van der Waals surface area contributed by atoms with E-state index in [-0.39, 0.29) is 25.0 Å². The first kappa shape index (κ1) is 21.0. The normalized spacial score (nSPS) is 23.9. The molecule has 1 amide bonds. The van der Waals surface area contributed by atoms with Gasteiger partial charge in [0.25, 0.3) is 0 Å². The maximum absolute atomic E-state index is 13.2. The molecule has 0 spiro atoms. The predicted octanol–water partition coefficient (Wildman–Crippen LogP) is 2.86. The number of nitrogens with two attached hydrogens (primary N) is 1. The van der Waals surface area contributed by atoms with Gasteiger partial charge in [0.1, 0.15) is 18.4 Å². The summed E-state index contributed by atoms with van der Waals surface area (Å²) in [5.41, 5.74) is 6.73. The Balaban J connectivity index is 1.72. The Kier molecular flexibility index (Phi) is 5.73. The summed E-state index contributed by atoms with van der Waals surface area (Å²) < 4.78 is 5.60. The lowest BCUT2D eigenvalue weighted by Gasteiger charge is -2.47. The molecule has 4 rings (SSSR count). The second-order valence-electron chi connectivity index (χ2n) is 8.19. The summed E-state index contributed by atoms with van der Waals surface area (Å²) in [4.78, 5) is 42.3. The number of carbonyl (C=O) groups is 3. The van der Waals surface area contributed by atoms with Gasteiger partial charge in [-0.2, -0.15) is 0 Å². The minimum Gasteiger partial charge on any atom is -0.480 e. The van der Waals surface area contributed by atoms with Crippen molar-refractivity contribution >= 4 is 24.0 Å². The van der Waals surface area contributed by atoms with Crippen molar-refractivity contribution in [3.8, 4) is 0 Å². The van der Waals surface area contributed by atoms with Crippen LogP contribution in [0.3, 0.4) is 0 Å². The molecule has 1 saturated carbocycles. The summed E-state index contributed by atoms with van der Waals surface area (Å²) in [6.45, 7) is 0.113. The Morgan fingerprint density at radius 2 is 1.97 bits per heavy atom. The molecule has 4 atom stereocenters. The zero-order valence-electron chi connectivity index (χ0n) is 17.0. The van der Waals surface area contributed by atoms with Crippen molar-refractivity contribution in [1.82, 2.24) is 4.98 Å². The fourth-order valence-electron chi connectivity index (χ4n) is 5.13. The number of aromatic nitrogens is 1. The van der Waals surface area contributed by atoms with Gasteiger partial charge in [-0.05, 0) is 48.1 Å². The third kappa shape index (κ3) is 3.67. The van der Waals surface area contributed by atoms with E-state index in [4.69, 9.17) is 10.5 Å². The topological polar surface area (TPSA) is 123 Å². The molecule has 0 bridgehead atoms. The van der Waals surface area contributed by atoms with Gasteiger partial charge >= 0.3 is 12.1 Å². The van der Waals surface area contributed by atoms with E-state index < -0.39 is 23.5 Å². The zero-order chi connectivity index (χ0) is 22.0. The van der Waals surface area contributed by atoms with E-state index in [0.717, 1.165) is 24.8 Å². The molecular weight excluding hydrogens is 398 g/mol. The molecule has 2 heterocycles. The standard InChI is InChI=1S/C23H25N3O5/c24-23(10-13-27,21(28)29)20-16-4-1-2-6-18(16)26(19-7-3-5-17(19)20)22(30)31-14-15-8-11-25-12-9-15/h1-2,4,6,8-9,11-13,17,19-20H,3,5,7,10,14,24H2,(H,28,29). The van der Waals surface area contributed by atoms with Gasteiger partial charge in [0.05, 0.1) is 5.69 Å². The maximum Gasteiger partial charge on any atom is 0.414 e. The van der Waals surface area contributed by atoms with Crippen LogP contribution < -0.4 is 10.6 Å². The fourth-order valence-corrected chi connectivity index (χ4v) is 5.13. The summed E-state index contributed by atoms with van der Waals surface area (Å²) in [7, 11) is 0. The highest BCUT2D eigenvalue weighted by molar-refractivity contribution is 5.92. The van der Waals surface area contributed by atoms with Gasteiger partial charge < -0.3 is 20.4 Å². The number of amides is 1. The smallest absolute Gasteiger partial charge is 0.414 e. The largest absolute Gasteiger partial charge is 0.480 e. The number of nitrogens with zero attached hydrogens (tertiary/aromatic N) is 2. The van der Waals surface area contributed by atoms with Crippen molar-refractivity contribution in [2.24, 2.45) is 11.7 Å². The number of aldehydes is 1. The molecule has 1 aliphatic carbocycles. The number of rotatable bonds is 6. The molecule has 1 aromatic carbocycles. The Labute approximate surface area is 180 Å². The number of carbonyl (C=O) groups excluding carboxylic acids is 2. The van der Waals surface area contributed by atoms with Crippen LogP contribution in [0, 0.1) is 5.92 Å². The number of ether oxygens (including phenoxy) is 1. The van der Waals surface area contributed by atoms with E-state index in [1.807, 2.05) is 0 Å². The van der Waals surface area contributed by atoms with Crippen LogP contribution >= 0.6 is 0 Å². The van der Waals surface area contributed by atoms with Crippen molar-refractivity contribution in [3.05, 3.63) is 59.9 Å². The molecule has 8 heteroatoms. The van der Waals surface area contributed by atoms with Crippen LogP contribution in [0.15, 0.2) is 48.8 Å². The quantitative estimate of drug-likeness (QED) is 0.685. The van der Waals surface area contributed by atoms with Gasteiger partial charge in [0.15, 0.2) is 0 Å². The SMILES string of the molecule is NC(CC=O)(C(=O)O)C1c2ccccc2N(C(=O)OCc2ccncc2)C2CCCC21. The molecule has 2 aliphatic rings. The Hall–Kier alpha value is -3.26. The number of carboxylic acids is 1. The number of hydrogen-bond acceptors (Lipinski definition) is 6. The fraction of sp³-hybridized carbons (Fsp3) is 0.391. The van der Waals surface area contributed by atoms with Gasteiger partial charge in [0, 0.05) is 30.8 Å². The number of pyridine rings is 1. The van der Waals surface area contributed by atoms with Crippen LogP contribution in [0.2, 0.25) is 0 Å². The molecular formula is C23H25N3O5. The summed E-state index contributed by atoms with van der Waals surface area (Å²) in [6, 6.07) is 10.5. The molecule has 1 aliphatic heterocycles. The molecule has 2 aromatic rings. The Bertz CT molecular complexity index is 982. The number of carboxylic acid groups (broad SMARTS) is 1. The molecule has 8 nitrogen and oxygen atoms in total. The molecule has 3 N–H and O–H groups in total. The highest BCUT2D eigenvalue weighted by atomic mass is 16.6. The van der Waals surface area contributed by atoms with Gasteiger partial charge in [-0.1, -0.05) is 24.6 Å². The monoisotopic (exact) mass is 423 g/mol. The Morgan fingerprint density at radius 3 is 2.68 bits per heavy atom. The molecule has 31 heavy (non-hydrogen) atoms. The molecule has 0 radical (unpaired) electrons. The number of benzene rings is 1. The number of anilines is 1. The van der Waals surface area contributed by atoms with Gasteiger partial charge in [0.2, 0.25) is 0 Å². The average molecular weight is 423 g/mol. The Morgan fingerprint density at radius 1 is 1.23 bits per heavy atom. The minimum absolute atomic E-state index is 0.113. The van der Waals surface area contributed by atoms with Crippen molar-refractivity contribution in [2.75, 3.05) is 4.90 Å². The lowest BCUT2D eigenvalue weighted by molar-refractivity contribution is -0.146. The second kappa shape index (κ2) is 8.47. The van der Waals surface area contributed by atoms with Crippen molar-refractivity contribution in [3.63, 3.8) is 0 Å². The van der Waals surface area contributed by atoms with Crippen LogP contribution in [0.4, 0.5) is 10.5 Å². The number of aliphatic carboxylic acids is 1. The number of fused-ring (bicyclic) bond motifs is 2. The van der Waals surface area contributed by atoms with E-state index in [1.165, 1.54) is 0 Å². The van der Waals surface area contributed by atoms with Crippen molar-refractivity contribution in [2.45, 2.75) is 49.8 Å². The van der Waals surface area contributed by atoms with Crippen LogP contribution in [-0.4, -0.2) is 40.0 Å². The molecule has 4 unspecified atom stereocenters. The number of hydrogen-bond donors (Lipinski definition) is 2.